The highest BCUT2D eigenvalue weighted by Gasteiger charge is 2.15. The lowest BCUT2D eigenvalue weighted by molar-refractivity contribution is 0.0935. The first-order valence-corrected chi connectivity index (χ1v) is 8.76. The predicted molar refractivity (Wildman–Crippen MR) is 89.7 cm³/mol. The summed E-state index contributed by atoms with van der Waals surface area (Å²) in [6.45, 7) is 2.01. The Morgan fingerprint density at radius 1 is 1.30 bits per heavy atom. The second-order valence-corrected chi connectivity index (χ2v) is 5.98. The van der Waals surface area contributed by atoms with Crippen molar-refractivity contribution in [3.8, 4) is 0 Å². The standard InChI is InChI=1S/C15H19N5O2S/c1-23-15-16-12(18-19-14(21)11-6-5-9-22-11)10-13(17-15)20-7-3-2-4-8-20/h5-6,9-10H,2-4,7-8H2,1H3,(H,19,21)(H,16,17,18). The van der Waals surface area contributed by atoms with Gasteiger partial charge in [0, 0.05) is 19.2 Å². The van der Waals surface area contributed by atoms with Crippen LogP contribution >= 0.6 is 11.8 Å². The number of amides is 1. The van der Waals surface area contributed by atoms with E-state index in [1.165, 1.54) is 37.3 Å². The molecule has 3 heterocycles. The van der Waals surface area contributed by atoms with Gasteiger partial charge in [0.15, 0.2) is 16.7 Å². The molecule has 1 amide bonds. The lowest BCUT2D eigenvalue weighted by atomic mass is 10.1. The second kappa shape index (κ2) is 7.36. The summed E-state index contributed by atoms with van der Waals surface area (Å²) in [5.41, 5.74) is 5.42. The van der Waals surface area contributed by atoms with Crippen molar-refractivity contribution in [3.05, 3.63) is 30.2 Å². The highest BCUT2D eigenvalue weighted by molar-refractivity contribution is 7.98. The Bertz CT molecular complexity index is 656. The van der Waals surface area contributed by atoms with Gasteiger partial charge < -0.3 is 9.32 Å². The minimum absolute atomic E-state index is 0.243. The Morgan fingerprint density at radius 2 is 2.13 bits per heavy atom. The van der Waals surface area contributed by atoms with Crippen molar-refractivity contribution < 1.29 is 9.21 Å². The normalized spacial score (nSPS) is 14.6. The maximum absolute atomic E-state index is 11.9. The molecule has 0 radical (unpaired) electrons. The highest BCUT2D eigenvalue weighted by Crippen LogP contribution is 2.23. The third-order valence-corrected chi connectivity index (χ3v) is 4.15. The molecule has 0 aromatic carbocycles. The van der Waals surface area contributed by atoms with Crippen LogP contribution in [0.2, 0.25) is 0 Å². The third-order valence-electron chi connectivity index (χ3n) is 3.60. The number of hydrogen-bond acceptors (Lipinski definition) is 7. The zero-order valence-electron chi connectivity index (χ0n) is 12.9. The topological polar surface area (TPSA) is 83.3 Å². The number of anilines is 2. The molecular weight excluding hydrogens is 314 g/mol. The molecule has 1 saturated heterocycles. The number of hydrogen-bond donors (Lipinski definition) is 2. The predicted octanol–water partition coefficient (Wildman–Crippen LogP) is 2.54. The van der Waals surface area contributed by atoms with Crippen LogP contribution in [-0.2, 0) is 0 Å². The number of nitrogens with zero attached hydrogens (tertiary/aromatic N) is 3. The molecule has 0 unspecified atom stereocenters. The van der Waals surface area contributed by atoms with Crippen molar-refractivity contribution in [2.24, 2.45) is 0 Å². The molecule has 0 bridgehead atoms. The second-order valence-electron chi connectivity index (χ2n) is 5.20. The molecule has 1 aliphatic rings. The maximum Gasteiger partial charge on any atom is 0.305 e. The minimum Gasteiger partial charge on any atom is -0.459 e. The quantitative estimate of drug-likeness (QED) is 0.494. The summed E-state index contributed by atoms with van der Waals surface area (Å²) in [6, 6.07) is 5.12. The number of rotatable bonds is 5. The van der Waals surface area contributed by atoms with Crippen LogP contribution in [0.1, 0.15) is 29.8 Å². The van der Waals surface area contributed by atoms with Gasteiger partial charge >= 0.3 is 5.91 Å². The zero-order chi connectivity index (χ0) is 16.1. The molecule has 23 heavy (non-hydrogen) atoms. The van der Waals surface area contributed by atoms with Gasteiger partial charge in [-0.25, -0.2) is 9.97 Å². The Hall–Kier alpha value is -2.22. The number of hydrazine groups is 1. The molecule has 2 aromatic heterocycles. The fourth-order valence-electron chi connectivity index (χ4n) is 2.44. The van der Waals surface area contributed by atoms with E-state index in [0.29, 0.717) is 11.0 Å². The fourth-order valence-corrected chi connectivity index (χ4v) is 2.82. The van der Waals surface area contributed by atoms with E-state index < -0.39 is 0 Å². The van der Waals surface area contributed by atoms with Crippen LogP contribution in [0.15, 0.2) is 34.0 Å². The highest BCUT2D eigenvalue weighted by atomic mass is 32.2. The first-order valence-electron chi connectivity index (χ1n) is 7.54. The molecule has 0 spiro atoms. The number of aromatic nitrogens is 2. The average Bonchev–Trinajstić information content (AvgIpc) is 3.15. The Balaban J connectivity index is 1.71. The number of carbonyl (C=O) groups excluding carboxylic acids is 1. The molecule has 0 saturated carbocycles. The number of furan rings is 1. The minimum atomic E-state index is -0.348. The summed E-state index contributed by atoms with van der Waals surface area (Å²) in [5, 5.41) is 0.669. The number of nitrogens with one attached hydrogen (secondary N) is 2. The van der Waals surface area contributed by atoms with Gasteiger partial charge in [-0.15, -0.1) is 0 Å². The molecular formula is C15H19N5O2S. The van der Waals surface area contributed by atoms with E-state index in [1.807, 2.05) is 12.3 Å². The van der Waals surface area contributed by atoms with Gasteiger partial charge in [-0.05, 0) is 37.7 Å². The van der Waals surface area contributed by atoms with Gasteiger partial charge in [0.25, 0.3) is 0 Å². The van der Waals surface area contributed by atoms with Gasteiger partial charge in [0.1, 0.15) is 5.82 Å². The van der Waals surface area contributed by atoms with E-state index in [-0.39, 0.29) is 11.7 Å². The molecule has 7 nitrogen and oxygen atoms in total. The van der Waals surface area contributed by atoms with Crippen LogP contribution in [0.4, 0.5) is 11.6 Å². The first kappa shape index (κ1) is 15.7. The SMILES string of the molecule is CSc1nc(NNC(=O)c2ccco2)cc(N2CCCCC2)n1. The van der Waals surface area contributed by atoms with Crippen LogP contribution in [0.25, 0.3) is 0 Å². The Labute approximate surface area is 138 Å². The molecule has 2 N–H and O–H groups in total. The van der Waals surface area contributed by atoms with Crippen LogP contribution in [0.5, 0.6) is 0 Å². The molecule has 122 valence electrons. The van der Waals surface area contributed by atoms with Crippen molar-refractivity contribution in [1.82, 2.24) is 15.4 Å². The smallest absolute Gasteiger partial charge is 0.305 e. The largest absolute Gasteiger partial charge is 0.459 e. The summed E-state index contributed by atoms with van der Waals surface area (Å²) in [6.07, 6.45) is 7.01. The lowest BCUT2D eigenvalue weighted by Gasteiger charge is -2.28. The molecule has 1 aliphatic heterocycles. The van der Waals surface area contributed by atoms with E-state index in [0.717, 1.165) is 18.9 Å². The summed E-state index contributed by atoms with van der Waals surface area (Å²) < 4.78 is 5.05. The molecule has 8 heteroatoms. The fraction of sp³-hybridized carbons (Fsp3) is 0.400. The number of thioether (sulfide) groups is 1. The van der Waals surface area contributed by atoms with E-state index in [9.17, 15) is 4.79 Å². The van der Waals surface area contributed by atoms with Crippen molar-refractivity contribution >= 4 is 29.3 Å². The molecule has 0 atom stereocenters. The Kier molecular flexibility index (Phi) is 5.02. The van der Waals surface area contributed by atoms with E-state index in [4.69, 9.17) is 4.42 Å². The molecule has 3 rings (SSSR count). The van der Waals surface area contributed by atoms with Crippen LogP contribution in [0, 0.1) is 0 Å². The van der Waals surface area contributed by atoms with Gasteiger partial charge in [-0.3, -0.25) is 15.6 Å². The summed E-state index contributed by atoms with van der Waals surface area (Å²) in [7, 11) is 0. The molecule has 0 aliphatic carbocycles. The molecule has 1 fully saturated rings. The summed E-state index contributed by atoms with van der Waals surface area (Å²) >= 11 is 1.47. The average molecular weight is 333 g/mol. The van der Waals surface area contributed by atoms with Gasteiger partial charge in [-0.2, -0.15) is 0 Å². The van der Waals surface area contributed by atoms with Crippen molar-refractivity contribution in [3.63, 3.8) is 0 Å². The van der Waals surface area contributed by atoms with Crippen molar-refractivity contribution in [2.45, 2.75) is 24.4 Å². The number of piperidine rings is 1. The third kappa shape index (κ3) is 3.95. The van der Waals surface area contributed by atoms with E-state index >= 15 is 0 Å². The number of carbonyl (C=O) groups is 1. The van der Waals surface area contributed by atoms with Crippen LogP contribution in [-0.4, -0.2) is 35.2 Å². The monoisotopic (exact) mass is 333 g/mol. The van der Waals surface area contributed by atoms with E-state index in [1.54, 1.807) is 12.1 Å². The van der Waals surface area contributed by atoms with Crippen molar-refractivity contribution in [1.29, 1.82) is 0 Å². The lowest BCUT2D eigenvalue weighted by Crippen LogP contribution is -2.32. The van der Waals surface area contributed by atoms with Gasteiger partial charge in [0.05, 0.1) is 6.26 Å². The first-order chi connectivity index (χ1) is 11.3. The maximum atomic E-state index is 11.9. The summed E-state index contributed by atoms with van der Waals surface area (Å²) in [5.74, 6) is 1.34. The van der Waals surface area contributed by atoms with Crippen LogP contribution < -0.4 is 15.8 Å². The van der Waals surface area contributed by atoms with Crippen LogP contribution in [0.3, 0.4) is 0 Å². The Morgan fingerprint density at radius 3 is 2.83 bits per heavy atom. The van der Waals surface area contributed by atoms with Crippen molar-refractivity contribution in [2.75, 3.05) is 29.7 Å². The van der Waals surface area contributed by atoms with Gasteiger partial charge in [-0.1, -0.05) is 11.8 Å². The molecule has 2 aromatic rings. The van der Waals surface area contributed by atoms with Gasteiger partial charge in [0.2, 0.25) is 0 Å². The zero-order valence-corrected chi connectivity index (χ0v) is 13.7. The summed E-state index contributed by atoms with van der Waals surface area (Å²) in [4.78, 5) is 23.1. The van der Waals surface area contributed by atoms with E-state index in [2.05, 4.69) is 25.7 Å².